The molecule has 1 amide bonds. The lowest BCUT2D eigenvalue weighted by atomic mass is 9.97. The number of amides is 1. The zero-order chi connectivity index (χ0) is 15.5. The van der Waals surface area contributed by atoms with Gasteiger partial charge in [0.15, 0.2) is 0 Å². The number of unbranched alkanes of at least 4 members (excludes halogenated alkanes) is 1. The van der Waals surface area contributed by atoms with Gasteiger partial charge in [-0.05, 0) is 31.4 Å². The van der Waals surface area contributed by atoms with E-state index in [0.717, 1.165) is 38.6 Å². The summed E-state index contributed by atoms with van der Waals surface area (Å²) >= 11 is 0. The van der Waals surface area contributed by atoms with Gasteiger partial charge in [-0.2, -0.15) is 0 Å². The molecule has 0 aliphatic carbocycles. The highest BCUT2D eigenvalue weighted by molar-refractivity contribution is 5.78. The third-order valence-corrected chi connectivity index (χ3v) is 3.91. The minimum atomic E-state index is 0.159. The zero-order valence-electron chi connectivity index (χ0n) is 13.6. The molecule has 1 aromatic carbocycles. The second kappa shape index (κ2) is 10.4. The lowest BCUT2D eigenvalue weighted by Crippen LogP contribution is -2.37. The molecule has 0 aliphatic rings. The van der Waals surface area contributed by atoms with Crippen molar-refractivity contribution in [2.45, 2.75) is 52.5 Å². The maximum atomic E-state index is 12.8. The van der Waals surface area contributed by atoms with Crippen LogP contribution >= 0.6 is 0 Å². The molecule has 21 heavy (non-hydrogen) atoms. The Bertz CT molecular complexity index is 391. The van der Waals surface area contributed by atoms with E-state index < -0.39 is 0 Å². The average molecular weight is 290 g/mol. The lowest BCUT2D eigenvalue weighted by Gasteiger charge is -2.27. The van der Waals surface area contributed by atoms with Crippen LogP contribution in [0.15, 0.2) is 30.3 Å². The van der Waals surface area contributed by atoms with E-state index in [-0.39, 0.29) is 5.92 Å². The first kappa shape index (κ1) is 17.7. The Morgan fingerprint density at radius 1 is 1.19 bits per heavy atom. The summed E-state index contributed by atoms with van der Waals surface area (Å²) in [6, 6.07) is 10.2. The lowest BCUT2D eigenvalue weighted by molar-refractivity contribution is -0.136. The van der Waals surface area contributed by atoms with Crippen LogP contribution < -0.4 is 5.73 Å². The van der Waals surface area contributed by atoms with Crippen molar-refractivity contribution in [1.29, 1.82) is 0 Å². The Morgan fingerprint density at radius 2 is 1.90 bits per heavy atom. The minimum absolute atomic E-state index is 0.159. The fourth-order valence-electron chi connectivity index (χ4n) is 2.56. The number of nitrogens with two attached hydrogens (primary N) is 1. The van der Waals surface area contributed by atoms with E-state index in [2.05, 4.69) is 26.0 Å². The van der Waals surface area contributed by atoms with Gasteiger partial charge in [-0.15, -0.1) is 0 Å². The maximum absolute atomic E-state index is 12.8. The molecule has 0 bridgehead atoms. The van der Waals surface area contributed by atoms with Crippen LogP contribution in [0.3, 0.4) is 0 Å². The second-order valence-electron chi connectivity index (χ2n) is 5.64. The number of hydrogen-bond donors (Lipinski definition) is 1. The summed E-state index contributed by atoms with van der Waals surface area (Å²) in [6.07, 6.45) is 5.06. The van der Waals surface area contributed by atoms with Gasteiger partial charge in [0.1, 0.15) is 0 Å². The van der Waals surface area contributed by atoms with E-state index in [1.807, 2.05) is 23.1 Å². The minimum Gasteiger partial charge on any atom is -0.338 e. The Labute approximate surface area is 129 Å². The van der Waals surface area contributed by atoms with Crippen molar-refractivity contribution in [3.05, 3.63) is 35.9 Å². The van der Waals surface area contributed by atoms with E-state index in [9.17, 15) is 4.79 Å². The SMILES string of the molecule is CCCCC(CC)C(=O)N(CCCN)Cc1ccccc1. The number of benzene rings is 1. The molecule has 1 aromatic rings. The van der Waals surface area contributed by atoms with Crippen molar-refractivity contribution in [2.24, 2.45) is 11.7 Å². The normalized spacial score (nSPS) is 12.1. The highest BCUT2D eigenvalue weighted by Crippen LogP contribution is 2.18. The first-order valence-electron chi connectivity index (χ1n) is 8.25. The molecule has 0 heterocycles. The van der Waals surface area contributed by atoms with Crippen molar-refractivity contribution in [2.75, 3.05) is 13.1 Å². The zero-order valence-corrected chi connectivity index (χ0v) is 13.6. The summed E-state index contributed by atoms with van der Waals surface area (Å²) in [5.74, 6) is 0.453. The number of rotatable bonds is 10. The van der Waals surface area contributed by atoms with Gasteiger partial charge in [0, 0.05) is 19.0 Å². The van der Waals surface area contributed by atoms with E-state index in [0.29, 0.717) is 19.0 Å². The monoisotopic (exact) mass is 290 g/mol. The van der Waals surface area contributed by atoms with Crippen LogP contribution in [0.1, 0.15) is 51.5 Å². The molecular weight excluding hydrogens is 260 g/mol. The Morgan fingerprint density at radius 3 is 2.48 bits per heavy atom. The van der Waals surface area contributed by atoms with Crippen molar-refractivity contribution >= 4 is 5.91 Å². The van der Waals surface area contributed by atoms with Gasteiger partial charge >= 0.3 is 0 Å². The molecule has 0 fully saturated rings. The number of nitrogens with zero attached hydrogens (tertiary/aromatic N) is 1. The summed E-state index contributed by atoms with van der Waals surface area (Å²) in [5, 5.41) is 0. The molecule has 0 radical (unpaired) electrons. The van der Waals surface area contributed by atoms with E-state index >= 15 is 0 Å². The van der Waals surface area contributed by atoms with Gasteiger partial charge in [-0.3, -0.25) is 4.79 Å². The summed E-state index contributed by atoms with van der Waals surface area (Å²) in [7, 11) is 0. The largest absolute Gasteiger partial charge is 0.338 e. The van der Waals surface area contributed by atoms with Crippen molar-refractivity contribution < 1.29 is 4.79 Å². The van der Waals surface area contributed by atoms with Gasteiger partial charge in [0.25, 0.3) is 0 Å². The maximum Gasteiger partial charge on any atom is 0.225 e. The van der Waals surface area contributed by atoms with Crippen molar-refractivity contribution in [1.82, 2.24) is 4.90 Å². The second-order valence-corrected chi connectivity index (χ2v) is 5.64. The summed E-state index contributed by atoms with van der Waals surface area (Å²) < 4.78 is 0. The molecule has 0 spiro atoms. The molecule has 0 saturated heterocycles. The van der Waals surface area contributed by atoms with Crippen LogP contribution in [-0.4, -0.2) is 23.9 Å². The predicted molar refractivity (Wildman–Crippen MR) is 88.8 cm³/mol. The van der Waals surface area contributed by atoms with Crippen LogP contribution in [0, 0.1) is 5.92 Å². The van der Waals surface area contributed by atoms with Crippen LogP contribution in [0.25, 0.3) is 0 Å². The standard InChI is InChI=1S/C18H30N2O/c1-3-5-12-17(4-2)18(21)20(14-9-13-19)15-16-10-7-6-8-11-16/h6-8,10-11,17H,3-5,9,12-15,19H2,1-2H3. The van der Waals surface area contributed by atoms with E-state index in [4.69, 9.17) is 5.73 Å². The molecule has 0 aliphatic heterocycles. The highest BCUT2D eigenvalue weighted by Gasteiger charge is 2.22. The molecule has 1 atom stereocenters. The molecule has 1 rings (SSSR count). The molecule has 2 N–H and O–H groups in total. The highest BCUT2D eigenvalue weighted by atomic mass is 16.2. The molecule has 1 unspecified atom stereocenters. The van der Waals surface area contributed by atoms with Crippen LogP contribution in [0.2, 0.25) is 0 Å². The Balaban J connectivity index is 2.72. The summed E-state index contributed by atoms with van der Waals surface area (Å²) in [6.45, 7) is 6.37. The average Bonchev–Trinajstić information content (AvgIpc) is 2.53. The third kappa shape index (κ3) is 6.30. The molecule has 3 nitrogen and oxygen atoms in total. The summed E-state index contributed by atoms with van der Waals surface area (Å²) in [4.78, 5) is 14.8. The first-order valence-corrected chi connectivity index (χ1v) is 8.25. The number of hydrogen-bond acceptors (Lipinski definition) is 2. The quantitative estimate of drug-likeness (QED) is 0.716. The number of carbonyl (C=O) groups excluding carboxylic acids is 1. The number of carbonyl (C=O) groups is 1. The summed E-state index contributed by atoms with van der Waals surface area (Å²) in [5.41, 5.74) is 6.81. The van der Waals surface area contributed by atoms with Crippen LogP contribution in [0.4, 0.5) is 0 Å². The topological polar surface area (TPSA) is 46.3 Å². The smallest absolute Gasteiger partial charge is 0.225 e. The van der Waals surface area contributed by atoms with Crippen LogP contribution in [-0.2, 0) is 11.3 Å². The van der Waals surface area contributed by atoms with Gasteiger partial charge in [0.2, 0.25) is 5.91 Å². The van der Waals surface area contributed by atoms with Crippen molar-refractivity contribution in [3.8, 4) is 0 Å². The van der Waals surface area contributed by atoms with E-state index in [1.165, 1.54) is 5.56 Å². The Kier molecular flexibility index (Phi) is 8.76. The van der Waals surface area contributed by atoms with Crippen LogP contribution in [0.5, 0.6) is 0 Å². The fourth-order valence-corrected chi connectivity index (χ4v) is 2.56. The molecular formula is C18H30N2O. The van der Waals surface area contributed by atoms with E-state index in [1.54, 1.807) is 0 Å². The van der Waals surface area contributed by atoms with Gasteiger partial charge < -0.3 is 10.6 Å². The molecule has 0 aromatic heterocycles. The third-order valence-electron chi connectivity index (χ3n) is 3.91. The van der Waals surface area contributed by atoms with Gasteiger partial charge in [-0.1, -0.05) is 57.0 Å². The van der Waals surface area contributed by atoms with Gasteiger partial charge in [-0.25, -0.2) is 0 Å². The van der Waals surface area contributed by atoms with Crippen molar-refractivity contribution in [3.63, 3.8) is 0 Å². The fraction of sp³-hybridized carbons (Fsp3) is 0.611. The first-order chi connectivity index (χ1) is 10.2. The van der Waals surface area contributed by atoms with Gasteiger partial charge in [0.05, 0.1) is 0 Å². The predicted octanol–water partition coefficient (Wildman–Crippen LogP) is 3.58. The molecule has 0 saturated carbocycles. The Hall–Kier alpha value is -1.35. The molecule has 118 valence electrons. The molecule has 3 heteroatoms.